The van der Waals surface area contributed by atoms with Crippen molar-refractivity contribution in [3.8, 4) is 11.8 Å². The number of benzene rings is 1. The van der Waals surface area contributed by atoms with E-state index in [0.717, 1.165) is 25.9 Å². The molecule has 1 aliphatic heterocycles. The van der Waals surface area contributed by atoms with Gasteiger partial charge in [-0.3, -0.25) is 0 Å². The molecule has 18 heavy (non-hydrogen) atoms. The second-order valence-corrected chi connectivity index (χ2v) is 4.62. The average Bonchev–Trinajstić information content (AvgIpc) is 2.39. The highest BCUT2D eigenvalue weighted by Gasteiger charge is 2.14. The Morgan fingerprint density at radius 3 is 3.06 bits per heavy atom. The summed E-state index contributed by atoms with van der Waals surface area (Å²) in [4.78, 5) is 0. The first-order chi connectivity index (χ1) is 8.79. The lowest BCUT2D eigenvalue weighted by Crippen LogP contribution is -2.33. The maximum absolute atomic E-state index is 13.7. The molecule has 1 atom stereocenters. The quantitative estimate of drug-likeness (QED) is 0.889. The fourth-order valence-corrected chi connectivity index (χ4v) is 2.14. The molecule has 1 aliphatic rings. The summed E-state index contributed by atoms with van der Waals surface area (Å²) in [5, 5.41) is 11.8. The fraction of sp³-hybridized carbons (Fsp3) is 0.500. The van der Waals surface area contributed by atoms with Gasteiger partial charge in [-0.1, -0.05) is 6.07 Å². The van der Waals surface area contributed by atoms with Gasteiger partial charge in [0.2, 0.25) is 0 Å². The Hall–Kier alpha value is -1.60. The molecule has 1 saturated heterocycles. The van der Waals surface area contributed by atoms with Gasteiger partial charge in [-0.25, -0.2) is 4.39 Å². The number of nitrogens with zero attached hydrogens (tertiary/aromatic N) is 1. The van der Waals surface area contributed by atoms with Crippen molar-refractivity contribution >= 4 is 0 Å². The minimum absolute atomic E-state index is 0.226. The summed E-state index contributed by atoms with van der Waals surface area (Å²) in [5.41, 5.74) is 0.682. The van der Waals surface area contributed by atoms with Crippen LogP contribution in [0.15, 0.2) is 18.2 Å². The summed E-state index contributed by atoms with van der Waals surface area (Å²) in [5.74, 6) is 0.353. The van der Waals surface area contributed by atoms with Gasteiger partial charge in [-0.05, 0) is 37.1 Å². The molecule has 0 spiro atoms. The second-order valence-electron chi connectivity index (χ2n) is 4.62. The van der Waals surface area contributed by atoms with Crippen molar-refractivity contribution in [2.75, 3.05) is 19.7 Å². The van der Waals surface area contributed by atoms with E-state index in [1.54, 1.807) is 12.1 Å². The number of nitriles is 1. The molecular weight excluding hydrogens is 231 g/mol. The summed E-state index contributed by atoms with van der Waals surface area (Å²) in [7, 11) is 0. The first-order valence-corrected chi connectivity index (χ1v) is 6.28. The molecule has 2 rings (SSSR count). The van der Waals surface area contributed by atoms with Crippen LogP contribution in [0.25, 0.3) is 0 Å². The molecule has 1 aromatic carbocycles. The molecule has 1 fully saturated rings. The summed E-state index contributed by atoms with van der Waals surface area (Å²) in [6, 6.07) is 6.72. The van der Waals surface area contributed by atoms with E-state index in [1.807, 2.05) is 6.07 Å². The van der Waals surface area contributed by atoms with Crippen molar-refractivity contribution in [2.45, 2.75) is 19.3 Å². The highest BCUT2D eigenvalue weighted by molar-refractivity contribution is 5.30. The summed E-state index contributed by atoms with van der Waals surface area (Å²) >= 11 is 0. The highest BCUT2D eigenvalue weighted by Crippen LogP contribution is 2.20. The van der Waals surface area contributed by atoms with Gasteiger partial charge in [0.1, 0.15) is 0 Å². The third-order valence-corrected chi connectivity index (χ3v) is 3.15. The van der Waals surface area contributed by atoms with Crippen LogP contribution in [-0.2, 0) is 6.42 Å². The number of nitrogens with one attached hydrogen (secondary N) is 1. The van der Waals surface area contributed by atoms with Crippen molar-refractivity contribution in [3.63, 3.8) is 0 Å². The third kappa shape index (κ3) is 3.44. The van der Waals surface area contributed by atoms with Crippen LogP contribution < -0.4 is 10.1 Å². The van der Waals surface area contributed by atoms with E-state index in [4.69, 9.17) is 10.00 Å². The van der Waals surface area contributed by atoms with Gasteiger partial charge < -0.3 is 10.1 Å². The lowest BCUT2D eigenvalue weighted by molar-refractivity contribution is 0.211. The van der Waals surface area contributed by atoms with Gasteiger partial charge in [0, 0.05) is 12.5 Å². The minimum Gasteiger partial charge on any atom is -0.490 e. The zero-order valence-electron chi connectivity index (χ0n) is 10.3. The number of rotatable bonds is 4. The normalized spacial score (nSPS) is 19.2. The molecule has 96 valence electrons. The number of piperidine rings is 1. The Morgan fingerprint density at radius 2 is 2.39 bits per heavy atom. The Balaban J connectivity index is 1.90. The summed E-state index contributed by atoms with van der Waals surface area (Å²) in [6.45, 7) is 2.55. The van der Waals surface area contributed by atoms with Crippen LogP contribution in [0, 0.1) is 23.1 Å². The molecule has 0 bridgehead atoms. The Labute approximate surface area is 107 Å². The fourth-order valence-electron chi connectivity index (χ4n) is 2.14. The van der Waals surface area contributed by atoms with E-state index in [9.17, 15) is 4.39 Å². The molecular formula is C14H17FN2O. The minimum atomic E-state index is -0.383. The molecule has 1 unspecified atom stereocenters. The first-order valence-electron chi connectivity index (χ1n) is 6.28. The lowest BCUT2D eigenvalue weighted by Gasteiger charge is -2.22. The van der Waals surface area contributed by atoms with Gasteiger partial charge in [-0.15, -0.1) is 0 Å². The predicted molar refractivity (Wildman–Crippen MR) is 66.8 cm³/mol. The standard InChI is InChI=1S/C14H17FN2O/c15-13-8-11(5-6-16)3-4-14(13)18-10-12-2-1-7-17-9-12/h3-4,8,12,17H,1-2,5,7,9-10H2. The zero-order chi connectivity index (χ0) is 12.8. The maximum Gasteiger partial charge on any atom is 0.165 e. The van der Waals surface area contributed by atoms with Crippen LogP contribution in [0.4, 0.5) is 4.39 Å². The van der Waals surface area contributed by atoms with Gasteiger partial charge >= 0.3 is 0 Å². The molecule has 0 radical (unpaired) electrons. The van der Waals surface area contributed by atoms with Gasteiger partial charge in [0.25, 0.3) is 0 Å². The van der Waals surface area contributed by atoms with Gasteiger partial charge in [-0.2, -0.15) is 5.26 Å². The first kappa shape index (κ1) is 12.8. The van der Waals surface area contributed by atoms with E-state index in [2.05, 4.69) is 5.32 Å². The van der Waals surface area contributed by atoms with Crippen LogP contribution >= 0.6 is 0 Å². The summed E-state index contributed by atoms with van der Waals surface area (Å²) < 4.78 is 19.2. The second kappa shape index (κ2) is 6.36. The predicted octanol–water partition coefficient (Wildman–Crippen LogP) is 2.27. The van der Waals surface area contributed by atoms with Crippen molar-refractivity contribution in [3.05, 3.63) is 29.6 Å². The van der Waals surface area contributed by atoms with E-state index in [1.165, 1.54) is 6.07 Å². The van der Waals surface area contributed by atoms with Gasteiger partial charge in [0.15, 0.2) is 11.6 Å². The Bertz CT molecular complexity index is 436. The third-order valence-electron chi connectivity index (χ3n) is 3.15. The van der Waals surface area contributed by atoms with Crippen molar-refractivity contribution < 1.29 is 9.13 Å². The molecule has 0 amide bonds. The number of ether oxygens (including phenoxy) is 1. The lowest BCUT2D eigenvalue weighted by atomic mass is 10.0. The zero-order valence-corrected chi connectivity index (χ0v) is 10.3. The topological polar surface area (TPSA) is 45.0 Å². The van der Waals surface area contributed by atoms with Crippen molar-refractivity contribution in [2.24, 2.45) is 5.92 Å². The Morgan fingerprint density at radius 1 is 1.50 bits per heavy atom. The molecule has 1 N–H and O–H groups in total. The molecule has 1 aromatic rings. The van der Waals surface area contributed by atoms with Crippen LogP contribution in [0.1, 0.15) is 18.4 Å². The van der Waals surface area contributed by atoms with Crippen LogP contribution in [0.3, 0.4) is 0 Å². The van der Waals surface area contributed by atoms with Crippen LogP contribution in [0.2, 0.25) is 0 Å². The molecule has 0 saturated carbocycles. The van der Waals surface area contributed by atoms with E-state index < -0.39 is 0 Å². The number of hydrogen-bond acceptors (Lipinski definition) is 3. The van der Waals surface area contributed by atoms with E-state index >= 15 is 0 Å². The molecule has 1 heterocycles. The molecule has 0 aliphatic carbocycles. The molecule has 3 nitrogen and oxygen atoms in total. The average molecular weight is 248 g/mol. The maximum atomic E-state index is 13.7. The molecule has 0 aromatic heterocycles. The van der Waals surface area contributed by atoms with Crippen molar-refractivity contribution in [1.29, 1.82) is 5.26 Å². The molecule has 4 heteroatoms. The SMILES string of the molecule is N#CCc1ccc(OCC2CCCNC2)c(F)c1. The van der Waals surface area contributed by atoms with Crippen LogP contribution in [-0.4, -0.2) is 19.7 Å². The van der Waals surface area contributed by atoms with Gasteiger partial charge in [0.05, 0.1) is 19.1 Å². The largest absolute Gasteiger partial charge is 0.490 e. The monoisotopic (exact) mass is 248 g/mol. The highest BCUT2D eigenvalue weighted by atomic mass is 19.1. The summed E-state index contributed by atoms with van der Waals surface area (Å²) in [6.07, 6.45) is 2.50. The smallest absolute Gasteiger partial charge is 0.165 e. The Kier molecular flexibility index (Phi) is 4.54. The van der Waals surface area contributed by atoms with Crippen LogP contribution in [0.5, 0.6) is 5.75 Å². The van der Waals surface area contributed by atoms with Crippen molar-refractivity contribution in [1.82, 2.24) is 5.32 Å². The number of halogens is 1. The number of hydrogen-bond donors (Lipinski definition) is 1. The van der Waals surface area contributed by atoms with E-state index in [-0.39, 0.29) is 18.0 Å². The van der Waals surface area contributed by atoms with E-state index in [0.29, 0.717) is 18.1 Å².